The maximum absolute atomic E-state index is 12.0. The molecule has 4 rings (SSSR count). The molecular formula is C24H35N5O3. The van der Waals surface area contributed by atoms with Gasteiger partial charge in [-0.05, 0) is 70.5 Å². The molecule has 2 atom stereocenters. The van der Waals surface area contributed by atoms with Gasteiger partial charge in [-0.25, -0.2) is 0 Å². The predicted octanol–water partition coefficient (Wildman–Crippen LogP) is 3.47. The molecule has 2 unspecified atom stereocenters. The molecule has 2 fully saturated rings. The van der Waals surface area contributed by atoms with Gasteiger partial charge in [-0.1, -0.05) is 24.4 Å². The molecule has 0 bridgehead atoms. The van der Waals surface area contributed by atoms with Crippen LogP contribution in [0.5, 0.6) is 5.75 Å². The fourth-order valence-corrected chi connectivity index (χ4v) is 5.43. The molecule has 1 aliphatic heterocycles. The monoisotopic (exact) mass is 441 g/mol. The third kappa shape index (κ3) is 4.60. The highest BCUT2D eigenvalue weighted by molar-refractivity contribution is 5.77. The minimum Gasteiger partial charge on any atom is -0.497 e. The summed E-state index contributed by atoms with van der Waals surface area (Å²) in [5.41, 5.74) is 6.71. The zero-order chi connectivity index (χ0) is 22.7. The van der Waals surface area contributed by atoms with Gasteiger partial charge in [0, 0.05) is 29.6 Å². The number of carbonyl (C=O) groups is 1. The minimum atomic E-state index is -0.207. The van der Waals surface area contributed by atoms with E-state index in [0.717, 1.165) is 24.2 Å². The predicted molar refractivity (Wildman–Crippen MR) is 123 cm³/mol. The Labute approximate surface area is 190 Å². The first kappa shape index (κ1) is 22.6. The topological polar surface area (TPSA) is 97.7 Å². The third-order valence-electron chi connectivity index (χ3n) is 7.48. The van der Waals surface area contributed by atoms with Crippen LogP contribution in [0.25, 0.3) is 11.4 Å². The van der Waals surface area contributed by atoms with Gasteiger partial charge in [-0.15, -0.1) is 0 Å². The molecule has 2 aliphatic rings. The van der Waals surface area contributed by atoms with E-state index in [9.17, 15) is 4.79 Å². The SMILES string of the molecule is COc1ccc(-c2noc(N3CCC(C(N)=O)CC3CC3(N(C)C)CCCCC3)n2)cc1. The lowest BCUT2D eigenvalue weighted by Crippen LogP contribution is -2.54. The Morgan fingerprint density at radius 1 is 1.25 bits per heavy atom. The fraction of sp³-hybridized carbons (Fsp3) is 0.625. The van der Waals surface area contributed by atoms with Crippen molar-refractivity contribution in [1.82, 2.24) is 15.0 Å². The largest absolute Gasteiger partial charge is 0.497 e. The van der Waals surface area contributed by atoms with Crippen LogP contribution in [-0.2, 0) is 4.79 Å². The van der Waals surface area contributed by atoms with Crippen LogP contribution < -0.4 is 15.4 Å². The molecule has 2 heterocycles. The summed E-state index contributed by atoms with van der Waals surface area (Å²) in [6.07, 6.45) is 8.52. The number of hydrogen-bond acceptors (Lipinski definition) is 7. The van der Waals surface area contributed by atoms with Crippen molar-refractivity contribution in [2.75, 3.05) is 32.6 Å². The average molecular weight is 442 g/mol. The van der Waals surface area contributed by atoms with Crippen LogP contribution in [-0.4, -0.2) is 60.3 Å². The van der Waals surface area contributed by atoms with Crippen LogP contribution in [0.4, 0.5) is 6.01 Å². The number of rotatable bonds is 7. The van der Waals surface area contributed by atoms with Gasteiger partial charge in [0.15, 0.2) is 0 Å². The number of hydrogen-bond donors (Lipinski definition) is 1. The van der Waals surface area contributed by atoms with Crippen molar-refractivity contribution in [3.05, 3.63) is 24.3 Å². The molecule has 2 aromatic rings. The second-order valence-electron chi connectivity index (χ2n) is 9.48. The highest BCUT2D eigenvalue weighted by Crippen LogP contribution is 2.40. The molecule has 1 saturated carbocycles. The minimum absolute atomic E-state index is 0.108. The lowest BCUT2D eigenvalue weighted by atomic mass is 9.74. The van der Waals surface area contributed by atoms with E-state index in [2.05, 4.69) is 29.1 Å². The van der Waals surface area contributed by atoms with Crippen LogP contribution in [0, 0.1) is 5.92 Å². The van der Waals surface area contributed by atoms with E-state index in [1.54, 1.807) is 7.11 Å². The smallest absolute Gasteiger partial charge is 0.324 e. The number of amides is 1. The summed E-state index contributed by atoms with van der Waals surface area (Å²) in [4.78, 5) is 21.3. The van der Waals surface area contributed by atoms with Crippen LogP contribution >= 0.6 is 0 Å². The number of ether oxygens (including phenoxy) is 1. The lowest BCUT2D eigenvalue weighted by Gasteiger charge is -2.48. The number of methoxy groups -OCH3 is 1. The van der Waals surface area contributed by atoms with Crippen molar-refractivity contribution in [2.24, 2.45) is 11.7 Å². The number of primary amides is 1. The zero-order valence-corrected chi connectivity index (χ0v) is 19.4. The van der Waals surface area contributed by atoms with Gasteiger partial charge < -0.3 is 24.8 Å². The molecule has 0 radical (unpaired) electrons. The van der Waals surface area contributed by atoms with Crippen molar-refractivity contribution in [3.63, 3.8) is 0 Å². The molecule has 174 valence electrons. The van der Waals surface area contributed by atoms with Gasteiger partial charge in [-0.2, -0.15) is 4.98 Å². The first-order chi connectivity index (χ1) is 15.4. The second kappa shape index (κ2) is 9.48. The Kier molecular flexibility index (Phi) is 6.69. The number of piperidine rings is 1. The summed E-state index contributed by atoms with van der Waals surface area (Å²) in [6.45, 7) is 0.687. The van der Waals surface area contributed by atoms with Crippen molar-refractivity contribution in [1.29, 1.82) is 0 Å². The van der Waals surface area contributed by atoms with Gasteiger partial charge in [0.2, 0.25) is 11.7 Å². The van der Waals surface area contributed by atoms with Gasteiger partial charge in [-0.3, -0.25) is 4.79 Å². The number of carbonyl (C=O) groups excluding carboxylic acids is 1. The second-order valence-corrected chi connectivity index (χ2v) is 9.48. The average Bonchev–Trinajstić information content (AvgIpc) is 3.29. The van der Waals surface area contributed by atoms with E-state index in [-0.39, 0.29) is 23.4 Å². The van der Waals surface area contributed by atoms with Crippen LogP contribution in [0.2, 0.25) is 0 Å². The molecule has 32 heavy (non-hydrogen) atoms. The van der Waals surface area contributed by atoms with Crippen LogP contribution in [0.15, 0.2) is 28.8 Å². The standard InChI is InChI=1S/C24H35N5O3/c1-28(2)24(12-5-4-6-13-24)16-19-15-18(21(25)30)11-14-29(19)23-26-22(27-32-23)17-7-9-20(31-3)10-8-17/h7-10,18-19H,4-6,11-16H2,1-3H3,(H2,25,30). The molecular weight excluding hydrogens is 406 g/mol. The Balaban J connectivity index is 1.59. The first-order valence-electron chi connectivity index (χ1n) is 11.6. The summed E-state index contributed by atoms with van der Waals surface area (Å²) in [7, 11) is 6.00. The molecule has 8 heteroatoms. The number of aromatic nitrogens is 2. The van der Waals surface area contributed by atoms with E-state index in [4.69, 9.17) is 20.0 Å². The number of nitrogens with two attached hydrogens (primary N) is 1. The Bertz CT molecular complexity index is 905. The molecule has 1 amide bonds. The number of benzene rings is 1. The summed E-state index contributed by atoms with van der Waals surface area (Å²) in [5.74, 6) is 1.02. The van der Waals surface area contributed by atoms with Crippen molar-refractivity contribution in [3.8, 4) is 17.1 Å². The Hall–Kier alpha value is -2.61. The number of nitrogens with zero attached hydrogens (tertiary/aromatic N) is 4. The lowest BCUT2D eigenvalue weighted by molar-refractivity contribution is -0.122. The Morgan fingerprint density at radius 2 is 1.97 bits per heavy atom. The summed E-state index contributed by atoms with van der Waals surface area (Å²) < 4.78 is 11.0. The summed E-state index contributed by atoms with van der Waals surface area (Å²) >= 11 is 0. The molecule has 1 saturated heterocycles. The highest BCUT2D eigenvalue weighted by atomic mass is 16.5. The fourth-order valence-electron chi connectivity index (χ4n) is 5.43. The van der Waals surface area contributed by atoms with E-state index in [0.29, 0.717) is 24.8 Å². The van der Waals surface area contributed by atoms with Crippen LogP contribution in [0.3, 0.4) is 0 Å². The van der Waals surface area contributed by atoms with Gasteiger partial charge in [0.1, 0.15) is 5.75 Å². The Morgan fingerprint density at radius 3 is 2.59 bits per heavy atom. The van der Waals surface area contributed by atoms with Gasteiger partial charge in [0.05, 0.1) is 7.11 Å². The maximum atomic E-state index is 12.0. The third-order valence-corrected chi connectivity index (χ3v) is 7.48. The highest BCUT2D eigenvalue weighted by Gasteiger charge is 2.42. The normalized spacial score (nSPS) is 23.3. The van der Waals surface area contributed by atoms with Crippen molar-refractivity contribution in [2.45, 2.75) is 62.9 Å². The van der Waals surface area contributed by atoms with Gasteiger partial charge in [0.25, 0.3) is 0 Å². The molecule has 8 nitrogen and oxygen atoms in total. The van der Waals surface area contributed by atoms with E-state index >= 15 is 0 Å². The van der Waals surface area contributed by atoms with E-state index in [1.165, 1.54) is 32.1 Å². The first-order valence-corrected chi connectivity index (χ1v) is 11.6. The molecule has 1 aromatic heterocycles. The van der Waals surface area contributed by atoms with Gasteiger partial charge >= 0.3 is 6.01 Å². The number of anilines is 1. The quantitative estimate of drug-likeness (QED) is 0.702. The maximum Gasteiger partial charge on any atom is 0.324 e. The van der Waals surface area contributed by atoms with E-state index < -0.39 is 0 Å². The van der Waals surface area contributed by atoms with Crippen molar-refractivity contribution >= 4 is 11.9 Å². The molecule has 0 spiro atoms. The van der Waals surface area contributed by atoms with Crippen LogP contribution in [0.1, 0.15) is 51.4 Å². The molecule has 1 aliphatic carbocycles. The van der Waals surface area contributed by atoms with E-state index in [1.807, 2.05) is 24.3 Å². The summed E-state index contributed by atoms with van der Waals surface area (Å²) in [6, 6.07) is 8.27. The zero-order valence-electron chi connectivity index (χ0n) is 19.4. The van der Waals surface area contributed by atoms with Crippen molar-refractivity contribution < 1.29 is 14.1 Å². The molecule has 2 N–H and O–H groups in total. The molecule has 1 aromatic carbocycles. The summed E-state index contributed by atoms with van der Waals surface area (Å²) in [5, 5.41) is 4.23.